The molecule has 0 aliphatic carbocycles. The molecule has 3 aromatic heterocycles. The minimum absolute atomic E-state index is 0.100. The van der Waals surface area contributed by atoms with Crippen molar-refractivity contribution in [2.24, 2.45) is 0 Å². The normalized spacial score (nSPS) is 18.7. The highest BCUT2D eigenvalue weighted by molar-refractivity contribution is 7.84. The number of aryl methyl sites for hydroxylation is 1. The summed E-state index contributed by atoms with van der Waals surface area (Å²) >= 11 is 0. The molecule has 13 heteroatoms. The van der Waals surface area contributed by atoms with Gasteiger partial charge in [0.15, 0.2) is 17.8 Å². The van der Waals surface area contributed by atoms with Crippen molar-refractivity contribution in [1.29, 1.82) is 0 Å². The molecule has 2 saturated heterocycles. The summed E-state index contributed by atoms with van der Waals surface area (Å²) in [6, 6.07) is 5.82. The zero-order valence-corrected chi connectivity index (χ0v) is 26.0. The lowest BCUT2D eigenvalue weighted by Crippen LogP contribution is -2.50. The highest BCUT2D eigenvalue weighted by atomic mass is 32.2. The number of hydrogen-bond acceptors (Lipinski definition) is 10. The van der Waals surface area contributed by atoms with E-state index < -0.39 is 16.4 Å². The van der Waals surface area contributed by atoms with Crippen LogP contribution in [0.15, 0.2) is 35.7 Å². The second-order valence-corrected chi connectivity index (χ2v) is 13.2. The first-order chi connectivity index (χ1) is 20.6. The number of rotatable bonds is 5. The van der Waals surface area contributed by atoms with Crippen molar-refractivity contribution in [3.05, 3.63) is 36.2 Å². The van der Waals surface area contributed by atoms with Crippen LogP contribution in [-0.4, -0.2) is 84.6 Å². The van der Waals surface area contributed by atoms with E-state index in [4.69, 9.17) is 14.2 Å². The van der Waals surface area contributed by atoms with Crippen LogP contribution in [-0.2, 0) is 20.3 Å². The topological polar surface area (TPSA) is 125 Å². The van der Waals surface area contributed by atoms with Crippen molar-refractivity contribution in [2.45, 2.75) is 63.9 Å². The number of carbonyl (C=O) groups excluding carboxylic acids is 1. The third-order valence-electron chi connectivity index (χ3n) is 7.56. The van der Waals surface area contributed by atoms with Gasteiger partial charge in [-0.3, -0.25) is 9.19 Å². The van der Waals surface area contributed by atoms with E-state index in [1.807, 2.05) is 55.6 Å². The number of piperazine rings is 1. The van der Waals surface area contributed by atoms with E-state index in [0.717, 1.165) is 42.3 Å². The zero-order chi connectivity index (χ0) is 30.3. The lowest BCUT2D eigenvalue weighted by Gasteiger charge is -2.36. The zero-order valence-electron chi connectivity index (χ0n) is 25.2. The molecule has 12 nitrogen and oxygen atoms in total. The van der Waals surface area contributed by atoms with E-state index in [0.29, 0.717) is 54.5 Å². The summed E-state index contributed by atoms with van der Waals surface area (Å²) in [4.78, 5) is 30.3. The van der Waals surface area contributed by atoms with E-state index >= 15 is 0 Å². The molecule has 1 amide bonds. The van der Waals surface area contributed by atoms with Gasteiger partial charge in [0.1, 0.15) is 22.4 Å². The molecule has 2 aliphatic rings. The highest BCUT2D eigenvalue weighted by Gasteiger charge is 2.29. The smallest absolute Gasteiger partial charge is 0.410 e. The Bertz CT molecular complexity index is 1690. The van der Waals surface area contributed by atoms with Gasteiger partial charge in [-0.05, 0) is 58.6 Å². The second kappa shape index (κ2) is 11.7. The van der Waals surface area contributed by atoms with E-state index in [1.54, 1.807) is 23.4 Å². The van der Waals surface area contributed by atoms with Gasteiger partial charge in [-0.25, -0.2) is 19.4 Å². The fraction of sp³-hybridized carbons (Fsp3) is 0.500. The van der Waals surface area contributed by atoms with Gasteiger partial charge in [0.25, 0.3) is 0 Å². The number of nitrogens with zero attached hydrogens (tertiary/aromatic N) is 7. The summed E-state index contributed by atoms with van der Waals surface area (Å²) in [5.74, 6) is 1.70. The molecule has 0 spiro atoms. The molecule has 2 fully saturated rings. The Kier molecular flexibility index (Phi) is 7.94. The molecule has 1 aromatic carbocycles. The summed E-state index contributed by atoms with van der Waals surface area (Å²) < 4.78 is 32.7. The fourth-order valence-corrected chi connectivity index (χ4v) is 5.86. The highest BCUT2D eigenvalue weighted by Crippen LogP contribution is 2.38. The molecule has 228 valence electrons. The summed E-state index contributed by atoms with van der Waals surface area (Å²) in [6.45, 7) is 10.2. The largest absolute Gasteiger partial charge is 0.454 e. The molecule has 2 unspecified atom stereocenters. The number of pyridine rings is 1. The summed E-state index contributed by atoms with van der Waals surface area (Å²) in [5, 5.41) is 5.72. The molecular formula is C30H37N7O5S. The van der Waals surface area contributed by atoms with Crippen LogP contribution >= 0.6 is 0 Å². The predicted octanol–water partition coefficient (Wildman–Crippen LogP) is 4.97. The summed E-state index contributed by atoms with van der Waals surface area (Å²) in [6.07, 6.45) is 7.67. The maximum absolute atomic E-state index is 12.7. The Morgan fingerprint density at radius 2 is 1.86 bits per heavy atom. The number of anilines is 1. The van der Waals surface area contributed by atoms with Gasteiger partial charge in [-0.15, -0.1) is 0 Å². The van der Waals surface area contributed by atoms with Crippen molar-refractivity contribution >= 4 is 44.6 Å². The maximum Gasteiger partial charge on any atom is 0.410 e. The average molecular weight is 608 g/mol. The Labute approximate surface area is 252 Å². The number of amides is 1. The molecule has 0 radical (unpaired) electrons. The van der Waals surface area contributed by atoms with Crippen LogP contribution in [0.25, 0.3) is 21.9 Å². The second-order valence-electron chi connectivity index (χ2n) is 11.9. The predicted molar refractivity (Wildman–Crippen MR) is 163 cm³/mol. The first-order valence-electron chi connectivity index (χ1n) is 14.6. The molecule has 4 aromatic rings. The van der Waals surface area contributed by atoms with Gasteiger partial charge >= 0.3 is 6.09 Å². The molecule has 0 N–H and O–H groups in total. The SMILES string of the molecule is Cc1ccc2c(cnn2C2CCCCO2)c1Oc1ccnc2c(N3CCN(C(=O)OC(C)(C)C)CC3)nc(S(C)=O)nc12. The van der Waals surface area contributed by atoms with Crippen molar-refractivity contribution in [2.75, 3.05) is 43.9 Å². The van der Waals surface area contributed by atoms with Gasteiger partial charge in [-0.1, -0.05) is 6.07 Å². The van der Waals surface area contributed by atoms with Crippen LogP contribution in [0.4, 0.5) is 10.6 Å². The Morgan fingerprint density at radius 3 is 2.56 bits per heavy atom. The number of fused-ring (bicyclic) bond motifs is 2. The number of ether oxygens (including phenoxy) is 3. The van der Waals surface area contributed by atoms with Gasteiger partial charge in [0, 0.05) is 51.3 Å². The molecule has 2 aliphatic heterocycles. The van der Waals surface area contributed by atoms with Crippen LogP contribution in [0.1, 0.15) is 51.8 Å². The van der Waals surface area contributed by atoms with Crippen LogP contribution in [0.2, 0.25) is 0 Å². The molecule has 43 heavy (non-hydrogen) atoms. The standard InChI is InChI=1S/C30H37N7O5S/c1-19-9-10-21-20(18-32-37(21)23-8-6-7-17-40-23)26(19)41-22-11-12-31-25-24(22)33-28(43(5)39)34-27(25)35-13-15-36(16-14-35)29(38)42-30(2,3)4/h9-12,18,23H,6-8,13-17H2,1-5H3. The number of aromatic nitrogens is 5. The van der Waals surface area contributed by atoms with Gasteiger partial charge in [0.05, 0.1) is 27.9 Å². The monoisotopic (exact) mass is 607 g/mol. The first-order valence-corrected chi connectivity index (χ1v) is 16.1. The molecule has 2 atom stereocenters. The summed E-state index contributed by atoms with van der Waals surface area (Å²) in [7, 11) is -1.45. The third-order valence-corrected chi connectivity index (χ3v) is 8.26. The van der Waals surface area contributed by atoms with Crippen LogP contribution in [0.5, 0.6) is 11.5 Å². The Hall–Kier alpha value is -3.84. The lowest BCUT2D eigenvalue weighted by molar-refractivity contribution is -0.0366. The van der Waals surface area contributed by atoms with Crippen LogP contribution in [0.3, 0.4) is 0 Å². The van der Waals surface area contributed by atoms with Crippen molar-refractivity contribution in [3.8, 4) is 11.5 Å². The van der Waals surface area contributed by atoms with Gasteiger partial charge in [0.2, 0.25) is 5.16 Å². The average Bonchev–Trinajstić information content (AvgIpc) is 3.42. The van der Waals surface area contributed by atoms with Crippen molar-refractivity contribution < 1.29 is 23.2 Å². The van der Waals surface area contributed by atoms with Crippen molar-refractivity contribution in [1.82, 2.24) is 29.6 Å². The minimum Gasteiger partial charge on any atom is -0.454 e. The Balaban J connectivity index is 1.34. The van der Waals surface area contributed by atoms with E-state index in [2.05, 4.69) is 20.1 Å². The minimum atomic E-state index is -1.45. The number of carbonyl (C=O) groups is 1. The van der Waals surface area contributed by atoms with E-state index in [-0.39, 0.29) is 17.5 Å². The quantitative estimate of drug-likeness (QED) is 0.287. The van der Waals surface area contributed by atoms with E-state index in [1.165, 1.54) is 0 Å². The number of benzene rings is 1. The molecule has 0 saturated carbocycles. The summed E-state index contributed by atoms with van der Waals surface area (Å²) in [5.41, 5.74) is 2.30. The van der Waals surface area contributed by atoms with Crippen molar-refractivity contribution in [3.63, 3.8) is 0 Å². The molecular weight excluding hydrogens is 570 g/mol. The Morgan fingerprint density at radius 1 is 1.07 bits per heavy atom. The van der Waals surface area contributed by atoms with Gasteiger partial charge in [-0.2, -0.15) is 5.10 Å². The molecule has 6 rings (SSSR count). The van der Waals surface area contributed by atoms with Crippen LogP contribution < -0.4 is 9.64 Å². The molecule has 5 heterocycles. The first kappa shape index (κ1) is 29.2. The fourth-order valence-electron chi connectivity index (χ4n) is 5.43. The maximum atomic E-state index is 12.7. The van der Waals surface area contributed by atoms with Crippen LogP contribution in [0, 0.1) is 6.92 Å². The molecule has 0 bridgehead atoms. The van der Waals surface area contributed by atoms with Gasteiger partial charge < -0.3 is 24.0 Å². The third kappa shape index (κ3) is 6.00. The number of hydrogen-bond donors (Lipinski definition) is 0. The van der Waals surface area contributed by atoms with E-state index in [9.17, 15) is 9.00 Å². The lowest BCUT2D eigenvalue weighted by atomic mass is 10.1.